The fourth-order valence-electron chi connectivity index (χ4n) is 2.77. The van der Waals surface area contributed by atoms with Crippen LogP contribution in [0.3, 0.4) is 0 Å². The molecule has 5 nitrogen and oxygen atoms in total. The second kappa shape index (κ2) is 8.65. The van der Waals surface area contributed by atoms with Gasteiger partial charge in [-0.25, -0.2) is 0 Å². The predicted molar refractivity (Wildman–Crippen MR) is 101 cm³/mol. The van der Waals surface area contributed by atoms with Crippen molar-refractivity contribution in [3.63, 3.8) is 0 Å². The smallest absolute Gasteiger partial charge is 0.255 e. The fraction of sp³-hybridized carbons (Fsp3) is 0.263. The molecule has 132 valence electrons. The number of nitrogens with zero attached hydrogens (tertiary/aromatic N) is 1. The Bertz CT molecular complexity index is 711. The second-order valence-corrected chi connectivity index (χ2v) is 6.03. The van der Waals surface area contributed by atoms with Crippen molar-refractivity contribution in [1.82, 2.24) is 4.90 Å². The number of piperidine rings is 1. The molecule has 0 radical (unpaired) electrons. The van der Waals surface area contributed by atoms with Crippen LogP contribution in [0.1, 0.15) is 33.6 Å². The van der Waals surface area contributed by atoms with Crippen LogP contribution in [0.4, 0.5) is 5.69 Å². The fourth-order valence-corrected chi connectivity index (χ4v) is 2.77. The lowest BCUT2D eigenvalue weighted by Crippen LogP contribution is -2.42. The molecule has 2 amide bonds. The number of nitrogens with two attached hydrogens (primary N) is 1. The Balaban J connectivity index is 0.00000225. The first-order valence-corrected chi connectivity index (χ1v) is 8.15. The zero-order valence-corrected chi connectivity index (χ0v) is 14.7. The summed E-state index contributed by atoms with van der Waals surface area (Å²) in [6.07, 6.45) is 1.69. The first-order chi connectivity index (χ1) is 11.6. The summed E-state index contributed by atoms with van der Waals surface area (Å²) in [5.74, 6) is -0.150. The molecule has 2 aromatic carbocycles. The normalized spacial score (nSPS) is 14.5. The lowest BCUT2D eigenvalue weighted by Gasteiger charge is -2.30. The first kappa shape index (κ1) is 19.0. The molecule has 0 spiro atoms. The summed E-state index contributed by atoms with van der Waals surface area (Å²) in [6, 6.07) is 16.2. The first-order valence-electron chi connectivity index (χ1n) is 8.15. The third-order valence-electron chi connectivity index (χ3n) is 4.25. The predicted octanol–water partition coefficient (Wildman–Crippen LogP) is 2.92. The van der Waals surface area contributed by atoms with Gasteiger partial charge in [-0.15, -0.1) is 12.4 Å². The highest BCUT2D eigenvalue weighted by Crippen LogP contribution is 2.16. The van der Waals surface area contributed by atoms with Crippen LogP contribution < -0.4 is 11.1 Å². The van der Waals surface area contributed by atoms with Crippen molar-refractivity contribution in [1.29, 1.82) is 0 Å². The highest BCUT2D eigenvalue weighted by atomic mass is 35.5. The molecule has 1 aliphatic rings. The van der Waals surface area contributed by atoms with Crippen LogP contribution in [0.5, 0.6) is 0 Å². The second-order valence-electron chi connectivity index (χ2n) is 6.03. The van der Waals surface area contributed by atoms with Crippen molar-refractivity contribution >= 4 is 29.9 Å². The summed E-state index contributed by atoms with van der Waals surface area (Å²) in [4.78, 5) is 26.4. The molecule has 2 aromatic rings. The summed E-state index contributed by atoms with van der Waals surface area (Å²) in [7, 11) is 0. The van der Waals surface area contributed by atoms with Crippen LogP contribution in [0.2, 0.25) is 0 Å². The molecule has 0 aliphatic carbocycles. The van der Waals surface area contributed by atoms with Crippen LogP contribution in [0.15, 0.2) is 54.6 Å². The van der Waals surface area contributed by atoms with E-state index in [2.05, 4.69) is 5.32 Å². The van der Waals surface area contributed by atoms with E-state index >= 15 is 0 Å². The Hall–Kier alpha value is -2.37. The number of hydrogen-bond acceptors (Lipinski definition) is 3. The molecule has 3 rings (SSSR count). The SMILES string of the molecule is Cl.NC1CCN(C(=O)c2ccc(NC(=O)c3ccccc3)cc2)CC1. The van der Waals surface area contributed by atoms with Crippen molar-refractivity contribution in [3.8, 4) is 0 Å². The number of nitrogens with one attached hydrogen (secondary N) is 1. The van der Waals surface area contributed by atoms with Crippen LogP contribution in [0.25, 0.3) is 0 Å². The molecular weight excluding hydrogens is 338 g/mol. The zero-order valence-electron chi connectivity index (χ0n) is 13.9. The summed E-state index contributed by atoms with van der Waals surface area (Å²) in [5, 5.41) is 2.83. The maximum absolute atomic E-state index is 12.5. The Kier molecular flexibility index (Phi) is 6.56. The van der Waals surface area contributed by atoms with Gasteiger partial charge in [0, 0.05) is 35.9 Å². The van der Waals surface area contributed by atoms with Gasteiger partial charge in [0.1, 0.15) is 0 Å². The number of anilines is 1. The Labute approximate surface area is 153 Å². The lowest BCUT2D eigenvalue weighted by molar-refractivity contribution is 0.0714. The van der Waals surface area contributed by atoms with E-state index in [-0.39, 0.29) is 30.3 Å². The van der Waals surface area contributed by atoms with Crippen LogP contribution >= 0.6 is 12.4 Å². The molecule has 1 heterocycles. The van der Waals surface area contributed by atoms with Gasteiger partial charge < -0.3 is 16.0 Å². The summed E-state index contributed by atoms with van der Waals surface area (Å²) >= 11 is 0. The van der Waals surface area contributed by atoms with Gasteiger partial charge in [-0.2, -0.15) is 0 Å². The molecule has 1 saturated heterocycles. The molecule has 0 atom stereocenters. The minimum atomic E-state index is -0.167. The number of hydrogen-bond donors (Lipinski definition) is 2. The molecule has 1 fully saturated rings. The van der Waals surface area contributed by atoms with Gasteiger partial charge in [0.25, 0.3) is 11.8 Å². The minimum absolute atomic E-state index is 0. The number of carbonyl (C=O) groups excluding carboxylic acids is 2. The molecule has 25 heavy (non-hydrogen) atoms. The molecule has 1 aliphatic heterocycles. The molecule has 3 N–H and O–H groups in total. The van der Waals surface area contributed by atoms with E-state index in [4.69, 9.17) is 5.73 Å². The molecule has 0 bridgehead atoms. The van der Waals surface area contributed by atoms with Gasteiger partial charge in [0.05, 0.1) is 0 Å². The Morgan fingerprint density at radius 2 is 1.52 bits per heavy atom. The van der Waals surface area contributed by atoms with Gasteiger partial charge in [-0.1, -0.05) is 18.2 Å². The lowest BCUT2D eigenvalue weighted by atomic mass is 10.0. The van der Waals surface area contributed by atoms with E-state index in [9.17, 15) is 9.59 Å². The third-order valence-corrected chi connectivity index (χ3v) is 4.25. The van der Waals surface area contributed by atoms with Crippen LogP contribution in [-0.2, 0) is 0 Å². The number of rotatable bonds is 3. The quantitative estimate of drug-likeness (QED) is 0.884. The average molecular weight is 360 g/mol. The number of amides is 2. The van der Waals surface area contributed by atoms with Gasteiger partial charge in [0.2, 0.25) is 0 Å². The van der Waals surface area contributed by atoms with Gasteiger partial charge in [0.15, 0.2) is 0 Å². The van der Waals surface area contributed by atoms with Crippen molar-refractivity contribution in [2.45, 2.75) is 18.9 Å². The summed E-state index contributed by atoms with van der Waals surface area (Å²) in [5.41, 5.74) is 7.77. The van der Waals surface area contributed by atoms with Crippen molar-refractivity contribution in [2.75, 3.05) is 18.4 Å². The highest BCUT2D eigenvalue weighted by Gasteiger charge is 2.21. The van der Waals surface area contributed by atoms with E-state index in [1.165, 1.54) is 0 Å². The van der Waals surface area contributed by atoms with Crippen molar-refractivity contribution in [3.05, 3.63) is 65.7 Å². The van der Waals surface area contributed by atoms with Gasteiger partial charge in [-0.05, 0) is 49.2 Å². The van der Waals surface area contributed by atoms with Gasteiger partial charge in [-0.3, -0.25) is 9.59 Å². The van der Waals surface area contributed by atoms with E-state index in [0.717, 1.165) is 12.8 Å². The van der Waals surface area contributed by atoms with Gasteiger partial charge >= 0.3 is 0 Å². The van der Waals surface area contributed by atoms with E-state index in [1.54, 1.807) is 36.4 Å². The molecule has 0 unspecified atom stereocenters. The Morgan fingerprint density at radius 1 is 0.920 bits per heavy atom. The maximum Gasteiger partial charge on any atom is 0.255 e. The van der Waals surface area contributed by atoms with E-state index < -0.39 is 0 Å². The number of carbonyl (C=O) groups is 2. The highest BCUT2D eigenvalue weighted by molar-refractivity contribution is 6.04. The van der Waals surface area contributed by atoms with E-state index in [0.29, 0.717) is 29.9 Å². The van der Waals surface area contributed by atoms with Crippen molar-refractivity contribution < 1.29 is 9.59 Å². The number of benzene rings is 2. The zero-order chi connectivity index (χ0) is 16.9. The van der Waals surface area contributed by atoms with Crippen molar-refractivity contribution in [2.24, 2.45) is 5.73 Å². The number of halogens is 1. The maximum atomic E-state index is 12.5. The largest absolute Gasteiger partial charge is 0.339 e. The molecular formula is C19H22ClN3O2. The summed E-state index contributed by atoms with van der Waals surface area (Å²) in [6.45, 7) is 1.40. The number of likely N-dealkylation sites (tertiary alicyclic amines) is 1. The van der Waals surface area contributed by atoms with Crippen LogP contribution in [0, 0.1) is 0 Å². The molecule has 0 aromatic heterocycles. The third kappa shape index (κ3) is 4.81. The standard InChI is InChI=1S/C19H21N3O2.ClH/c20-16-10-12-22(13-11-16)19(24)15-6-8-17(9-7-15)21-18(23)14-4-2-1-3-5-14;/h1-9,16H,10-13,20H2,(H,21,23);1H. The monoisotopic (exact) mass is 359 g/mol. The summed E-state index contributed by atoms with van der Waals surface area (Å²) < 4.78 is 0. The Morgan fingerprint density at radius 3 is 2.12 bits per heavy atom. The van der Waals surface area contributed by atoms with E-state index in [1.807, 2.05) is 23.1 Å². The molecule has 6 heteroatoms. The average Bonchev–Trinajstić information content (AvgIpc) is 2.63. The molecule has 0 saturated carbocycles. The topological polar surface area (TPSA) is 75.4 Å². The minimum Gasteiger partial charge on any atom is -0.339 e. The van der Waals surface area contributed by atoms with Crippen LogP contribution in [-0.4, -0.2) is 35.8 Å².